The third-order valence-electron chi connectivity index (χ3n) is 4.35. The molecule has 7 nitrogen and oxygen atoms in total. The van der Waals surface area contributed by atoms with Crippen molar-refractivity contribution >= 4 is 11.7 Å². The summed E-state index contributed by atoms with van der Waals surface area (Å²) in [6, 6.07) is -0.277. The molecule has 1 amide bonds. The summed E-state index contributed by atoms with van der Waals surface area (Å²) in [5.74, 6) is -0.0574. The van der Waals surface area contributed by atoms with Crippen molar-refractivity contribution in [3.8, 4) is 0 Å². The van der Waals surface area contributed by atoms with Crippen LogP contribution in [-0.4, -0.2) is 63.4 Å². The fraction of sp³-hybridized carbons (Fsp3) is 0.688. The number of hydrogen-bond donors (Lipinski definition) is 1. The molecular formula is C16H25N3O4. The quantitative estimate of drug-likeness (QED) is 0.779. The van der Waals surface area contributed by atoms with Gasteiger partial charge in [-0.15, -0.1) is 0 Å². The summed E-state index contributed by atoms with van der Waals surface area (Å²) in [7, 11) is 0. The van der Waals surface area contributed by atoms with Gasteiger partial charge in [-0.2, -0.15) is 5.10 Å². The molecule has 0 spiro atoms. The van der Waals surface area contributed by atoms with Gasteiger partial charge in [0, 0.05) is 25.2 Å². The van der Waals surface area contributed by atoms with Crippen LogP contribution in [0.15, 0.2) is 0 Å². The minimum Gasteiger partial charge on any atom is -0.388 e. The van der Waals surface area contributed by atoms with Crippen LogP contribution >= 0.6 is 0 Å². The molecule has 1 aliphatic rings. The van der Waals surface area contributed by atoms with Crippen LogP contribution in [0.5, 0.6) is 0 Å². The van der Waals surface area contributed by atoms with Gasteiger partial charge in [0.2, 0.25) is 5.91 Å². The summed E-state index contributed by atoms with van der Waals surface area (Å²) < 4.78 is 6.94. The summed E-state index contributed by atoms with van der Waals surface area (Å²) in [5.41, 5.74) is 2.11. The predicted molar refractivity (Wildman–Crippen MR) is 84.3 cm³/mol. The number of carbonyl (C=O) groups is 2. The number of aryl methyl sites for hydroxylation is 2. The first-order chi connectivity index (χ1) is 10.9. The minimum absolute atomic E-state index is 0.0148. The van der Waals surface area contributed by atoms with Crippen LogP contribution in [-0.2, 0) is 16.1 Å². The van der Waals surface area contributed by atoms with Crippen molar-refractivity contribution in [1.29, 1.82) is 0 Å². The normalized spacial score (nSPS) is 20.7. The number of ketones is 1. The minimum atomic E-state index is -0.628. The molecule has 0 bridgehead atoms. The zero-order valence-corrected chi connectivity index (χ0v) is 14.2. The van der Waals surface area contributed by atoms with Crippen LogP contribution in [0.25, 0.3) is 0 Å². The highest BCUT2D eigenvalue weighted by Gasteiger charge is 2.33. The van der Waals surface area contributed by atoms with Gasteiger partial charge in [-0.1, -0.05) is 0 Å². The summed E-state index contributed by atoms with van der Waals surface area (Å²) in [4.78, 5) is 25.8. The largest absolute Gasteiger partial charge is 0.388 e. The number of nitrogens with zero attached hydrogens (tertiary/aromatic N) is 3. The second-order valence-corrected chi connectivity index (χ2v) is 5.93. The Morgan fingerprint density at radius 2 is 2.09 bits per heavy atom. The third kappa shape index (κ3) is 3.61. The van der Waals surface area contributed by atoms with Gasteiger partial charge in [-0.25, -0.2) is 0 Å². The standard InChI is InChI=1S/C16H25N3O4/c1-5-18(13-8-23-9-14(13)21)15(22)6-7-19-11(3)16(12(4)20)10(2)17-19/h13-14,21H,5-9H2,1-4H3. The molecule has 7 heteroatoms. The number of rotatable bonds is 6. The van der Waals surface area contributed by atoms with E-state index in [9.17, 15) is 14.7 Å². The SMILES string of the molecule is CCN(C(=O)CCn1nc(C)c(C(C)=O)c1C)C1COCC1O. The van der Waals surface area contributed by atoms with Crippen molar-refractivity contribution in [3.63, 3.8) is 0 Å². The molecule has 0 aromatic carbocycles. The van der Waals surface area contributed by atoms with Crippen LogP contribution in [0, 0.1) is 13.8 Å². The van der Waals surface area contributed by atoms with Gasteiger partial charge in [0.05, 0.1) is 36.6 Å². The molecular weight excluding hydrogens is 298 g/mol. The molecule has 0 saturated carbocycles. The van der Waals surface area contributed by atoms with Gasteiger partial charge in [0.15, 0.2) is 5.78 Å². The molecule has 0 aliphatic carbocycles. The highest BCUT2D eigenvalue weighted by molar-refractivity contribution is 5.96. The van der Waals surface area contributed by atoms with Gasteiger partial charge < -0.3 is 14.7 Å². The van der Waals surface area contributed by atoms with Crippen molar-refractivity contribution in [2.75, 3.05) is 19.8 Å². The van der Waals surface area contributed by atoms with E-state index in [1.165, 1.54) is 6.92 Å². The van der Waals surface area contributed by atoms with Gasteiger partial charge in [-0.3, -0.25) is 14.3 Å². The van der Waals surface area contributed by atoms with Gasteiger partial charge in [-0.05, 0) is 27.7 Å². The first-order valence-electron chi connectivity index (χ1n) is 7.97. The van der Waals surface area contributed by atoms with E-state index in [0.29, 0.717) is 31.0 Å². The van der Waals surface area contributed by atoms with E-state index in [2.05, 4.69) is 5.10 Å². The highest BCUT2D eigenvalue weighted by Crippen LogP contribution is 2.17. The smallest absolute Gasteiger partial charge is 0.224 e. The average Bonchev–Trinajstić information content (AvgIpc) is 3.01. The average molecular weight is 323 g/mol. The van der Waals surface area contributed by atoms with E-state index in [1.807, 2.05) is 13.8 Å². The van der Waals surface area contributed by atoms with E-state index in [4.69, 9.17) is 4.74 Å². The van der Waals surface area contributed by atoms with Crippen molar-refractivity contribution in [2.24, 2.45) is 0 Å². The molecule has 1 aromatic heterocycles. The Balaban J connectivity index is 2.04. The van der Waals surface area contributed by atoms with Gasteiger partial charge >= 0.3 is 0 Å². The molecule has 1 saturated heterocycles. The zero-order chi connectivity index (χ0) is 17.1. The third-order valence-corrected chi connectivity index (χ3v) is 4.35. The van der Waals surface area contributed by atoms with E-state index < -0.39 is 6.10 Å². The molecule has 0 radical (unpaired) electrons. The second kappa shape index (κ2) is 7.23. The lowest BCUT2D eigenvalue weighted by Gasteiger charge is -2.28. The topological polar surface area (TPSA) is 84.7 Å². The molecule has 128 valence electrons. The monoisotopic (exact) mass is 323 g/mol. The zero-order valence-electron chi connectivity index (χ0n) is 14.2. The first-order valence-corrected chi connectivity index (χ1v) is 7.97. The molecule has 1 fully saturated rings. The van der Waals surface area contributed by atoms with Gasteiger partial charge in [0.1, 0.15) is 0 Å². The number of ether oxygens (including phenoxy) is 1. The van der Waals surface area contributed by atoms with E-state index in [0.717, 1.165) is 5.69 Å². The fourth-order valence-electron chi connectivity index (χ4n) is 3.19. The predicted octanol–water partition coefficient (Wildman–Crippen LogP) is 0.701. The Kier molecular flexibility index (Phi) is 5.54. The molecule has 1 aromatic rings. The van der Waals surface area contributed by atoms with E-state index in [1.54, 1.807) is 16.5 Å². The number of aliphatic hydroxyl groups excluding tert-OH is 1. The number of aromatic nitrogens is 2. The maximum atomic E-state index is 12.5. The molecule has 1 aliphatic heterocycles. The molecule has 1 N–H and O–H groups in total. The number of amides is 1. The summed E-state index contributed by atoms with van der Waals surface area (Å²) in [6.07, 6.45) is -0.354. The molecule has 2 atom stereocenters. The lowest BCUT2D eigenvalue weighted by Crippen LogP contribution is -2.46. The Hall–Kier alpha value is -1.73. The number of aliphatic hydroxyl groups is 1. The number of hydrogen-bond acceptors (Lipinski definition) is 5. The Morgan fingerprint density at radius 3 is 2.57 bits per heavy atom. The summed E-state index contributed by atoms with van der Waals surface area (Å²) in [5, 5.41) is 14.2. The van der Waals surface area contributed by atoms with Crippen molar-refractivity contribution in [1.82, 2.24) is 14.7 Å². The molecule has 2 unspecified atom stereocenters. The highest BCUT2D eigenvalue weighted by atomic mass is 16.5. The first kappa shape index (κ1) is 17.6. The fourth-order valence-corrected chi connectivity index (χ4v) is 3.19. The van der Waals surface area contributed by atoms with Crippen LogP contribution in [0.4, 0.5) is 0 Å². The molecule has 23 heavy (non-hydrogen) atoms. The lowest BCUT2D eigenvalue weighted by molar-refractivity contribution is -0.135. The van der Waals surface area contributed by atoms with Crippen molar-refractivity contribution < 1.29 is 19.4 Å². The Bertz CT molecular complexity index is 596. The van der Waals surface area contributed by atoms with Gasteiger partial charge in [0.25, 0.3) is 0 Å². The number of likely N-dealkylation sites (N-methyl/N-ethyl adjacent to an activating group) is 1. The van der Waals surface area contributed by atoms with Crippen LogP contribution < -0.4 is 0 Å². The molecule has 2 heterocycles. The Morgan fingerprint density at radius 1 is 1.39 bits per heavy atom. The lowest BCUT2D eigenvalue weighted by atomic mass is 10.1. The number of Topliss-reactive ketones (excluding diaryl/α,β-unsaturated/α-hetero) is 1. The second-order valence-electron chi connectivity index (χ2n) is 5.93. The Labute approximate surface area is 136 Å². The van der Waals surface area contributed by atoms with Crippen molar-refractivity contribution in [3.05, 3.63) is 17.0 Å². The maximum absolute atomic E-state index is 12.5. The van der Waals surface area contributed by atoms with E-state index in [-0.39, 0.29) is 30.8 Å². The number of carbonyl (C=O) groups excluding carboxylic acids is 2. The van der Waals surface area contributed by atoms with Crippen LogP contribution in [0.1, 0.15) is 42.0 Å². The van der Waals surface area contributed by atoms with Crippen LogP contribution in [0.3, 0.4) is 0 Å². The molecule has 2 rings (SSSR count). The summed E-state index contributed by atoms with van der Waals surface area (Å²) in [6.45, 7) is 8.63. The maximum Gasteiger partial charge on any atom is 0.224 e. The van der Waals surface area contributed by atoms with Crippen LogP contribution in [0.2, 0.25) is 0 Å². The van der Waals surface area contributed by atoms with Crippen molar-refractivity contribution in [2.45, 2.75) is 52.8 Å². The van der Waals surface area contributed by atoms with E-state index >= 15 is 0 Å². The summed E-state index contributed by atoms with van der Waals surface area (Å²) >= 11 is 0.